The maximum absolute atomic E-state index is 13.2. The molecule has 0 aromatic heterocycles. The van der Waals surface area contributed by atoms with E-state index in [1.165, 1.54) is 24.3 Å². The summed E-state index contributed by atoms with van der Waals surface area (Å²) >= 11 is 0. The van der Waals surface area contributed by atoms with Crippen molar-refractivity contribution in [3.63, 3.8) is 0 Å². The molecule has 2 aromatic carbocycles. The Bertz CT molecular complexity index is 729. The van der Waals surface area contributed by atoms with Crippen LogP contribution in [0.3, 0.4) is 0 Å². The third-order valence-corrected chi connectivity index (χ3v) is 3.08. The van der Waals surface area contributed by atoms with E-state index in [2.05, 4.69) is 10.2 Å². The minimum atomic E-state index is -4.62. The number of rotatable bonds is 3. The molecule has 4 N–H and O–H groups in total. The second kappa shape index (κ2) is 6.51. The summed E-state index contributed by atoms with van der Waals surface area (Å²) in [5.74, 6) is 0. The molecule has 0 spiro atoms. The lowest BCUT2D eigenvalue weighted by atomic mass is 10.1. The van der Waals surface area contributed by atoms with Gasteiger partial charge in [-0.1, -0.05) is 24.3 Å². The van der Waals surface area contributed by atoms with E-state index in [0.717, 1.165) is 0 Å². The molecule has 2 rings (SSSR count). The Kier molecular flexibility index (Phi) is 4.68. The van der Waals surface area contributed by atoms with Crippen LogP contribution in [-0.2, 0) is 0 Å². The summed E-state index contributed by atoms with van der Waals surface area (Å²) in [4.78, 5) is 0. The molecule has 0 saturated heterocycles. The Hall–Kier alpha value is -2.83. The van der Waals surface area contributed by atoms with Gasteiger partial charge in [-0.15, -0.1) is 5.10 Å². The average molecular weight is 320 g/mol. The van der Waals surface area contributed by atoms with Gasteiger partial charge in [0.05, 0.1) is 5.71 Å². The number of nitrogen functional groups attached to an aromatic ring is 2. The molecule has 0 bridgehead atoms. The first kappa shape index (κ1) is 16.5. The van der Waals surface area contributed by atoms with Gasteiger partial charge in [-0.3, -0.25) is 0 Å². The minimum Gasteiger partial charge on any atom is -0.399 e. The van der Waals surface area contributed by atoms with E-state index in [1.54, 1.807) is 31.2 Å². The molecule has 0 atom stereocenters. The normalized spacial score (nSPS) is 13.2. The fraction of sp³-hybridized carbons (Fsp3) is 0.125. The van der Waals surface area contributed by atoms with Crippen molar-refractivity contribution in [2.45, 2.75) is 13.1 Å². The highest BCUT2D eigenvalue weighted by molar-refractivity contribution is 6.06. The molecule has 0 unspecified atom stereocenters. The summed E-state index contributed by atoms with van der Waals surface area (Å²) in [5.41, 5.74) is 11.8. The van der Waals surface area contributed by atoms with Crippen LogP contribution >= 0.6 is 0 Å². The van der Waals surface area contributed by atoms with Crippen molar-refractivity contribution in [1.82, 2.24) is 0 Å². The van der Waals surface area contributed by atoms with E-state index in [-0.39, 0.29) is 5.56 Å². The van der Waals surface area contributed by atoms with Crippen LogP contribution in [0, 0.1) is 0 Å². The molecule has 0 amide bonds. The highest BCUT2D eigenvalue weighted by Crippen LogP contribution is 2.23. The first-order chi connectivity index (χ1) is 10.8. The predicted molar refractivity (Wildman–Crippen MR) is 86.5 cm³/mol. The SMILES string of the molecule is C/C(=N\N=C(\c1ccc(N)cc1)C(F)(F)F)c1ccc(N)cc1. The Morgan fingerprint density at radius 1 is 0.783 bits per heavy atom. The summed E-state index contributed by atoms with van der Waals surface area (Å²) in [5, 5.41) is 7.10. The zero-order chi connectivity index (χ0) is 17.0. The molecule has 4 nitrogen and oxygen atoms in total. The summed E-state index contributed by atoms with van der Waals surface area (Å²) < 4.78 is 39.5. The highest BCUT2D eigenvalue weighted by atomic mass is 19.4. The number of hydrogen-bond donors (Lipinski definition) is 2. The lowest BCUT2D eigenvalue weighted by Gasteiger charge is -2.09. The molecule has 0 aliphatic carbocycles. The van der Waals surface area contributed by atoms with E-state index in [4.69, 9.17) is 11.5 Å². The molecule has 0 saturated carbocycles. The van der Waals surface area contributed by atoms with Gasteiger partial charge in [-0.25, -0.2) is 0 Å². The zero-order valence-corrected chi connectivity index (χ0v) is 12.3. The zero-order valence-electron chi connectivity index (χ0n) is 12.3. The summed E-state index contributed by atoms with van der Waals surface area (Å²) in [6.07, 6.45) is -4.62. The number of anilines is 2. The van der Waals surface area contributed by atoms with Gasteiger partial charge >= 0.3 is 6.18 Å². The van der Waals surface area contributed by atoms with E-state index < -0.39 is 11.9 Å². The Morgan fingerprint density at radius 2 is 1.22 bits per heavy atom. The molecular formula is C16H15F3N4. The lowest BCUT2D eigenvalue weighted by molar-refractivity contribution is -0.0582. The fourth-order valence-corrected chi connectivity index (χ4v) is 1.83. The molecule has 7 heteroatoms. The summed E-state index contributed by atoms with van der Waals surface area (Å²) in [6.45, 7) is 1.58. The Morgan fingerprint density at radius 3 is 1.65 bits per heavy atom. The maximum Gasteiger partial charge on any atom is 0.435 e. The summed E-state index contributed by atoms with van der Waals surface area (Å²) in [7, 11) is 0. The van der Waals surface area contributed by atoms with Crippen molar-refractivity contribution < 1.29 is 13.2 Å². The highest BCUT2D eigenvalue weighted by Gasteiger charge is 2.37. The summed E-state index contributed by atoms with van der Waals surface area (Å²) in [6, 6.07) is 11.9. The van der Waals surface area contributed by atoms with Gasteiger partial charge in [0.25, 0.3) is 0 Å². The number of nitrogens with two attached hydrogens (primary N) is 2. The molecule has 0 fully saturated rings. The molecule has 2 aromatic rings. The average Bonchev–Trinajstić information content (AvgIpc) is 2.48. The Labute approximate surface area is 131 Å². The molecule has 23 heavy (non-hydrogen) atoms. The second-order valence-corrected chi connectivity index (χ2v) is 4.88. The molecular weight excluding hydrogens is 305 g/mol. The van der Waals surface area contributed by atoms with Crippen LogP contribution in [0.2, 0.25) is 0 Å². The van der Waals surface area contributed by atoms with Gasteiger partial charge in [0, 0.05) is 16.9 Å². The Balaban J connectivity index is 2.39. The molecule has 0 radical (unpaired) electrons. The van der Waals surface area contributed by atoms with Crippen molar-refractivity contribution >= 4 is 22.8 Å². The van der Waals surface area contributed by atoms with Gasteiger partial charge in [0.15, 0.2) is 5.71 Å². The van der Waals surface area contributed by atoms with E-state index >= 15 is 0 Å². The van der Waals surface area contributed by atoms with Crippen molar-refractivity contribution in [2.75, 3.05) is 11.5 Å². The van der Waals surface area contributed by atoms with Gasteiger partial charge in [0.1, 0.15) is 0 Å². The number of benzene rings is 2. The van der Waals surface area contributed by atoms with Crippen LogP contribution < -0.4 is 11.5 Å². The van der Waals surface area contributed by atoms with Crippen LogP contribution in [0.15, 0.2) is 58.7 Å². The number of nitrogens with zero attached hydrogens (tertiary/aromatic N) is 2. The largest absolute Gasteiger partial charge is 0.435 e. The fourth-order valence-electron chi connectivity index (χ4n) is 1.83. The minimum absolute atomic E-state index is 0.0967. The number of halogens is 3. The van der Waals surface area contributed by atoms with Gasteiger partial charge in [0.2, 0.25) is 0 Å². The topological polar surface area (TPSA) is 76.8 Å². The maximum atomic E-state index is 13.2. The second-order valence-electron chi connectivity index (χ2n) is 4.88. The quantitative estimate of drug-likeness (QED) is 0.515. The van der Waals surface area contributed by atoms with Crippen LogP contribution in [0.4, 0.5) is 24.5 Å². The monoisotopic (exact) mass is 320 g/mol. The van der Waals surface area contributed by atoms with Crippen LogP contribution in [0.5, 0.6) is 0 Å². The molecule has 0 aliphatic rings. The lowest BCUT2D eigenvalue weighted by Crippen LogP contribution is -2.24. The third-order valence-electron chi connectivity index (χ3n) is 3.08. The molecule has 120 valence electrons. The van der Waals surface area contributed by atoms with Crippen LogP contribution in [-0.4, -0.2) is 17.6 Å². The number of alkyl halides is 3. The van der Waals surface area contributed by atoms with Crippen LogP contribution in [0.25, 0.3) is 0 Å². The van der Waals surface area contributed by atoms with E-state index in [9.17, 15) is 13.2 Å². The van der Waals surface area contributed by atoms with Crippen molar-refractivity contribution in [1.29, 1.82) is 0 Å². The predicted octanol–water partition coefficient (Wildman–Crippen LogP) is 3.63. The smallest absolute Gasteiger partial charge is 0.399 e. The van der Waals surface area contributed by atoms with Crippen molar-refractivity contribution in [3.8, 4) is 0 Å². The van der Waals surface area contributed by atoms with E-state index in [0.29, 0.717) is 22.6 Å². The number of hydrogen-bond acceptors (Lipinski definition) is 4. The first-order valence-electron chi connectivity index (χ1n) is 6.68. The van der Waals surface area contributed by atoms with Gasteiger partial charge in [-0.2, -0.15) is 18.3 Å². The first-order valence-corrected chi connectivity index (χ1v) is 6.68. The molecule has 0 heterocycles. The third kappa shape index (κ3) is 4.32. The van der Waals surface area contributed by atoms with E-state index in [1.807, 2.05) is 0 Å². The van der Waals surface area contributed by atoms with Gasteiger partial charge < -0.3 is 11.5 Å². The van der Waals surface area contributed by atoms with Crippen molar-refractivity contribution in [2.24, 2.45) is 10.2 Å². The molecule has 0 aliphatic heterocycles. The standard InChI is InChI=1S/C16H15F3N4/c1-10(11-2-6-13(20)7-3-11)22-23-15(16(17,18)19)12-4-8-14(21)9-5-12/h2-9H,20-21H2,1H3/b22-10+,23-15-. The van der Waals surface area contributed by atoms with Crippen LogP contribution in [0.1, 0.15) is 18.1 Å². The van der Waals surface area contributed by atoms with Crippen molar-refractivity contribution in [3.05, 3.63) is 59.7 Å². The van der Waals surface area contributed by atoms with Gasteiger partial charge in [-0.05, 0) is 36.8 Å².